The smallest absolute Gasteiger partial charge is 0.204 e. The van der Waals surface area contributed by atoms with Crippen LogP contribution in [0.4, 0.5) is 0 Å². The van der Waals surface area contributed by atoms with Gasteiger partial charge in [-0.15, -0.1) is 22.7 Å². The summed E-state index contributed by atoms with van der Waals surface area (Å²) in [4.78, 5) is 13.8. The molecule has 2 aromatic heterocycles. The maximum Gasteiger partial charge on any atom is 0.204 e. The molecule has 0 amide bonds. The molecule has 0 aliphatic heterocycles. The summed E-state index contributed by atoms with van der Waals surface area (Å²) in [7, 11) is 0. The van der Waals surface area contributed by atoms with E-state index in [9.17, 15) is 4.79 Å². The summed E-state index contributed by atoms with van der Waals surface area (Å²) >= 11 is 6.42. The molecule has 0 unspecified atom stereocenters. The third-order valence-electron chi connectivity index (χ3n) is 1.89. The average Bonchev–Trinajstić information content (AvgIpc) is 2.73. The van der Waals surface area contributed by atoms with Crippen LogP contribution in [-0.4, -0.2) is 5.78 Å². The first-order valence-electron chi connectivity index (χ1n) is 4.01. The molecule has 0 N–H and O–H groups in total. The summed E-state index contributed by atoms with van der Waals surface area (Å²) in [6.45, 7) is 1.97. The number of hydrogen-bond acceptors (Lipinski definition) is 3. The van der Waals surface area contributed by atoms with Gasteiger partial charge in [0.2, 0.25) is 5.78 Å². The molecular formula is C10H7BrOS2. The van der Waals surface area contributed by atoms with E-state index >= 15 is 0 Å². The Bertz CT molecular complexity index is 470. The molecule has 0 saturated carbocycles. The summed E-state index contributed by atoms with van der Waals surface area (Å²) in [6, 6.07) is 3.75. The topological polar surface area (TPSA) is 17.1 Å². The SMILES string of the molecule is Cc1sccc1C(=O)c1cc(Br)cs1. The van der Waals surface area contributed by atoms with Crippen LogP contribution < -0.4 is 0 Å². The minimum atomic E-state index is 0.124. The zero-order valence-corrected chi connectivity index (χ0v) is 10.6. The monoisotopic (exact) mass is 286 g/mol. The largest absolute Gasteiger partial charge is 0.288 e. The van der Waals surface area contributed by atoms with Gasteiger partial charge in [0.15, 0.2) is 0 Å². The molecule has 0 saturated heterocycles. The lowest BCUT2D eigenvalue weighted by Crippen LogP contribution is -1.97. The van der Waals surface area contributed by atoms with Gasteiger partial charge in [0.1, 0.15) is 0 Å². The van der Waals surface area contributed by atoms with E-state index in [0.717, 1.165) is 19.8 Å². The maximum absolute atomic E-state index is 11.9. The van der Waals surface area contributed by atoms with E-state index in [4.69, 9.17) is 0 Å². The fourth-order valence-electron chi connectivity index (χ4n) is 1.19. The van der Waals surface area contributed by atoms with Crippen molar-refractivity contribution in [3.63, 3.8) is 0 Å². The van der Waals surface area contributed by atoms with Gasteiger partial charge < -0.3 is 0 Å². The van der Waals surface area contributed by atoms with Gasteiger partial charge in [0.25, 0.3) is 0 Å². The second kappa shape index (κ2) is 3.96. The van der Waals surface area contributed by atoms with E-state index < -0.39 is 0 Å². The molecule has 14 heavy (non-hydrogen) atoms. The highest BCUT2D eigenvalue weighted by atomic mass is 79.9. The lowest BCUT2D eigenvalue weighted by molar-refractivity contribution is 0.104. The fraction of sp³-hybridized carbons (Fsp3) is 0.100. The number of thiophene rings is 2. The van der Waals surface area contributed by atoms with Crippen LogP contribution >= 0.6 is 38.6 Å². The second-order valence-electron chi connectivity index (χ2n) is 2.85. The molecule has 0 atom stereocenters. The summed E-state index contributed by atoms with van der Waals surface area (Å²) in [6.07, 6.45) is 0. The summed E-state index contributed by atoms with van der Waals surface area (Å²) < 4.78 is 0.971. The Morgan fingerprint density at radius 3 is 2.71 bits per heavy atom. The zero-order chi connectivity index (χ0) is 10.1. The van der Waals surface area contributed by atoms with Gasteiger partial charge in [-0.05, 0) is 40.4 Å². The highest BCUT2D eigenvalue weighted by Gasteiger charge is 2.14. The van der Waals surface area contributed by atoms with Crippen LogP contribution in [-0.2, 0) is 0 Å². The van der Waals surface area contributed by atoms with Gasteiger partial charge in [-0.2, -0.15) is 0 Å². The normalized spacial score (nSPS) is 10.4. The minimum absolute atomic E-state index is 0.124. The van der Waals surface area contributed by atoms with E-state index in [0.29, 0.717) is 0 Å². The van der Waals surface area contributed by atoms with Crippen LogP contribution in [0, 0.1) is 6.92 Å². The van der Waals surface area contributed by atoms with Gasteiger partial charge >= 0.3 is 0 Å². The number of carbonyl (C=O) groups excluding carboxylic acids is 1. The third-order valence-corrected chi connectivity index (χ3v) is 4.43. The predicted octanol–water partition coefficient (Wildman–Crippen LogP) is 4.11. The molecular weight excluding hydrogens is 280 g/mol. The molecule has 2 aromatic rings. The number of halogens is 1. The van der Waals surface area contributed by atoms with Crippen LogP contribution in [0.15, 0.2) is 27.4 Å². The van der Waals surface area contributed by atoms with Crippen LogP contribution in [0.3, 0.4) is 0 Å². The standard InChI is InChI=1S/C10H7BrOS2/c1-6-8(2-3-13-6)10(12)9-4-7(11)5-14-9/h2-5H,1H3. The Labute approximate surface area is 98.5 Å². The molecule has 2 heterocycles. The van der Waals surface area contributed by atoms with Gasteiger partial charge in [-0.3, -0.25) is 4.79 Å². The highest BCUT2D eigenvalue weighted by molar-refractivity contribution is 9.10. The van der Waals surface area contributed by atoms with E-state index in [2.05, 4.69) is 15.9 Å². The molecule has 0 aliphatic rings. The molecule has 0 radical (unpaired) electrons. The quantitative estimate of drug-likeness (QED) is 0.760. The van der Waals surface area contributed by atoms with Crippen molar-refractivity contribution in [3.05, 3.63) is 42.7 Å². The number of aryl methyl sites for hydroxylation is 1. The first-order chi connectivity index (χ1) is 6.68. The molecule has 72 valence electrons. The van der Waals surface area contributed by atoms with Gasteiger partial charge in [0, 0.05) is 20.3 Å². The zero-order valence-electron chi connectivity index (χ0n) is 7.41. The number of rotatable bonds is 2. The second-order valence-corrected chi connectivity index (χ2v) is 5.80. The van der Waals surface area contributed by atoms with Crippen molar-refractivity contribution in [3.8, 4) is 0 Å². The average molecular weight is 287 g/mol. The van der Waals surface area contributed by atoms with Crippen molar-refractivity contribution in [2.75, 3.05) is 0 Å². The molecule has 0 bridgehead atoms. The summed E-state index contributed by atoms with van der Waals surface area (Å²) in [5.41, 5.74) is 0.823. The molecule has 4 heteroatoms. The Morgan fingerprint density at radius 1 is 1.43 bits per heavy atom. The van der Waals surface area contributed by atoms with E-state index in [1.807, 2.05) is 29.8 Å². The van der Waals surface area contributed by atoms with Crippen molar-refractivity contribution < 1.29 is 4.79 Å². The molecule has 0 fully saturated rings. The fourth-order valence-corrected chi connectivity index (χ4v) is 3.26. The van der Waals surface area contributed by atoms with Gasteiger partial charge in [0.05, 0.1) is 4.88 Å². The number of ketones is 1. The maximum atomic E-state index is 11.9. The molecule has 0 aliphatic carbocycles. The lowest BCUT2D eigenvalue weighted by atomic mass is 10.1. The molecule has 2 rings (SSSR count). The van der Waals surface area contributed by atoms with Crippen LogP contribution in [0.5, 0.6) is 0 Å². The first kappa shape index (κ1) is 10.1. The highest BCUT2D eigenvalue weighted by Crippen LogP contribution is 2.25. The van der Waals surface area contributed by atoms with Crippen LogP contribution in [0.1, 0.15) is 20.1 Å². The lowest BCUT2D eigenvalue weighted by Gasteiger charge is -1.94. The molecule has 1 nitrogen and oxygen atoms in total. The third kappa shape index (κ3) is 1.82. The van der Waals surface area contributed by atoms with Gasteiger partial charge in [-0.25, -0.2) is 0 Å². The Morgan fingerprint density at radius 2 is 2.21 bits per heavy atom. The summed E-state index contributed by atoms with van der Waals surface area (Å²) in [5.74, 6) is 0.124. The van der Waals surface area contributed by atoms with Crippen molar-refractivity contribution in [1.29, 1.82) is 0 Å². The van der Waals surface area contributed by atoms with Crippen molar-refractivity contribution in [2.24, 2.45) is 0 Å². The van der Waals surface area contributed by atoms with Crippen molar-refractivity contribution in [2.45, 2.75) is 6.92 Å². The van der Waals surface area contributed by atoms with Gasteiger partial charge in [-0.1, -0.05) is 0 Å². The number of hydrogen-bond donors (Lipinski definition) is 0. The number of carbonyl (C=O) groups is 1. The molecule has 0 spiro atoms. The van der Waals surface area contributed by atoms with E-state index in [1.165, 1.54) is 11.3 Å². The first-order valence-corrected chi connectivity index (χ1v) is 6.56. The molecule has 0 aromatic carbocycles. The van der Waals surface area contributed by atoms with Crippen LogP contribution in [0.25, 0.3) is 0 Å². The summed E-state index contributed by atoms with van der Waals surface area (Å²) in [5, 5.41) is 3.88. The Kier molecular flexibility index (Phi) is 2.85. The Balaban J connectivity index is 2.38. The van der Waals surface area contributed by atoms with E-state index in [1.54, 1.807) is 11.3 Å². The van der Waals surface area contributed by atoms with E-state index in [-0.39, 0.29) is 5.78 Å². The Hall–Kier alpha value is -0.450. The predicted molar refractivity (Wildman–Crippen MR) is 64.5 cm³/mol. The van der Waals surface area contributed by atoms with Crippen molar-refractivity contribution >= 4 is 44.4 Å². The van der Waals surface area contributed by atoms with Crippen LogP contribution in [0.2, 0.25) is 0 Å². The van der Waals surface area contributed by atoms with Crippen molar-refractivity contribution in [1.82, 2.24) is 0 Å². The minimum Gasteiger partial charge on any atom is -0.288 e.